The summed E-state index contributed by atoms with van der Waals surface area (Å²) >= 11 is 1.23. The lowest BCUT2D eigenvalue weighted by Gasteiger charge is -2.35. The van der Waals surface area contributed by atoms with Gasteiger partial charge in [0.1, 0.15) is 17.4 Å². The van der Waals surface area contributed by atoms with Crippen molar-refractivity contribution in [2.45, 2.75) is 44.2 Å². The van der Waals surface area contributed by atoms with Crippen LogP contribution in [0.5, 0.6) is 0 Å². The van der Waals surface area contributed by atoms with E-state index in [2.05, 4.69) is 4.98 Å². The minimum absolute atomic E-state index is 0.133. The minimum Gasteiger partial charge on any atom is -0.376 e. The normalized spacial score (nSPS) is 23.5. The van der Waals surface area contributed by atoms with Gasteiger partial charge in [0.05, 0.1) is 23.6 Å². The molecule has 2 fully saturated rings. The van der Waals surface area contributed by atoms with Crippen molar-refractivity contribution >= 4 is 42.6 Å². The van der Waals surface area contributed by atoms with E-state index in [-0.39, 0.29) is 24.1 Å². The highest BCUT2D eigenvalue weighted by molar-refractivity contribution is 7.88. The number of thiazole rings is 1. The van der Waals surface area contributed by atoms with Crippen molar-refractivity contribution in [3.63, 3.8) is 0 Å². The molecule has 2 saturated heterocycles. The van der Waals surface area contributed by atoms with Gasteiger partial charge in [-0.2, -0.15) is 4.31 Å². The molecule has 0 radical (unpaired) electrons. The van der Waals surface area contributed by atoms with Gasteiger partial charge in [-0.05, 0) is 37.8 Å². The van der Waals surface area contributed by atoms with Gasteiger partial charge >= 0.3 is 0 Å². The van der Waals surface area contributed by atoms with Crippen molar-refractivity contribution in [2.75, 3.05) is 30.9 Å². The lowest BCUT2D eigenvalue weighted by atomic mass is 10.0. The smallest absolute Gasteiger partial charge is 0.247 e. The molecule has 4 rings (SSSR count). The Bertz CT molecular complexity index is 1000. The van der Waals surface area contributed by atoms with Crippen LogP contribution in [0.3, 0.4) is 0 Å². The molecule has 0 aliphatic carbocycles. The summed E-state index contributed by atoms with van der Waals surface area (Å²) in [5, 5.41) is 0.379. The number of hydrogen-bond donors (Lipinski definition) is 0. The van der Waals surface area contributed by atoms with E-state index in [0.29, 0.717) is 29.4 Å². The molecule has 1 aromatic carbocycles. The van der Waals surface area contributed by atoms with Gasteiger partial charge in [-0.25, -0.2) is 17.8 Å². The van der Waals surface area contributed by atoms with Crippen LogP contribution in [0.2, 0.25) is 0 Å². The summed E-state index contributed by atoms with van der Waals surface area (Å²) in [5.41, 5.74) is 0.223. The number of para-hydroxylation sites is 1. The first kappa shape index (κ1) is 20.6. The number of carbonyl (C=O) groups is 1. The molecule has 158 valence electrons. The average Bonchev–Trinajstić information content (AvgIpc) is 3.35. The molecule has 2 atom stereocenters. The number of aromatic nitrogens is 1. The molecule has 2 aromatic rings. The third-order valence-corrected chi connectivity index (χ3v) is 7.76. The van der Waals surface area contributed by atoms with Gasteiger partial charge in [0.2, 0.25) is 15.9 Å². The third-order valence-electron chi connectivity index (χ3n) is 5.43. The first-order chi connectivity index (χ1) is 13.8. The molecule has 2 unspecified atom stereocenters. The van der Waals surface area contributed by atoms with Gasteiger partial charge in [-0.3, -0.25) is 9.69 Å². The maximum Gasteiger partial charge on any atom is 0.247 e. The molecule has 1 amide bonds. The van der Waals surface area contributed by atoms with Gasteiger partial charge in [0.15, 0.2) is 5.13 Å². The molecule has 2 aliphatic rings. The Labute approximate surface area is 173 Å². The number of amides is 1. The maximum absolute atomic E-state index is 14.2. The first-order valence-electron chi connectivity index (χ1n) is 9.79. The molecule has 2 aliphatic heterocycles. The number of piperidine rings is 1. The summed E-state index contributed by atoms with van der Waals surface area (Å²) in [5.74, 6) is -0.755. The number of fused-ring (bicyclic) bond motifs is 1. The Hall–Kier alpha value is -1.62. The topological polar surface area (TPSA) is 79.8 Å². The van der Waals surface area contributed by atoms with Gasteiger partial charge < -0.3 is 4.74 Å². The number of nitrogens with zero attached hydrogens (tertiary/aromatic N) is 3. The van der Waals surface area contributed by atoms with E-state index < -0.39 is 21.9 Å². The van der Waals surface area contributed by atoms with Crippen LogP contribution in [-0.4, -0.2) is 61.7 Å². The van der Waals surface area contributed by atoms with Crippen molar-refractivity contribution in [1.29, 1.82) is 0 Å². The van der Waals surface area contributed by atoms with Crippen LogP contribution < -0.4 is 4.90 Å². The Kier molecular flexibility index (Phi) is 5.87. The number of carbonyl (C=O) groups excluding carboxylic acids is 1. The van der Waals surface area contributed by atoms with Gasteiger partial charge in [-0.15, -0.1) is 0 Å². The Balaban J connectivity index is 1.70. The molecule has 0 spiro atoms. The second-order valence-corrected chi connectivity index (χ2v) is 10.5. The second kappa shape index (κ2) is 8.25. The number of ether oxygens (including phenoxy) is 1. The molecule has 0 N–H and O–H groups in total. The molecule has 1 aromatic heterocycles. The largest absolute Gasteiger partial charge is 0.376 e. The average molecular weight is 442 g/mol. The Morgan fingerprint density at radius 1 is 1.34 bits per heavy atom. The van der Waals surface area contributed by atoms with Crippen LogP contribution in [-0.2, 0) is 19.6 Å². The number of hydrogen-bond acceptors (Lipinski definition) is 6. The van der Waals surface area contributed by atoms with Crippen molar-refractivity contribution in [3.8, 4) is 0 Å². The fourth-order valence-corrected chi connectivity index (χ4v) is 6.11. The fourth-order valence-electron chi connectivity index (χ4n) is 4.00. The molecule has 29 heavy (non-hydrogen) atoms. The van der Waals surface area contributed by atoms with Gasteiger partial charge in [0.25, 0.3) is 0 Å². The Morgan fingerprint density at radius 2 is 2.17 bits per heavy atom. The third kappa shape index (κ3) is 4.30. The summed E-state index contributed by atoms with van der Waals surface area (Å²) in [6.45, 7) is 1.26. The van der Waals surface area contributed by atoms with E-state index in [1.54, 1.807) is 12.1 Å². The predicted molar refractivity (Wildman–Crippen MR) is 110 cm³/mol. The fraction of sp³-hybridized carbons (Fsp3) is 0.579. The molecule has 7 nitrogen and oxygen atoms in total. The quantitative estimate of drug-likeness (QED) is 0.713. The van der Waals surface area contributed by atoms with E-state index in [1.165, 1.54) is 26.6 Å². The van der Waals surface area contributed by atoms with Crippen molar-refractivity contribution in [1.82, 2.24) is 9.29 Å². The van der Waals surface area contributed by atoms with Crippen molar-refractivity contribution in [2.24, 2.45) is 0 Å². The van der Waals surface area contributed by atoms with Crippen LogP contribution in [0.15, 0.2) is 18.2 Å². The number of benzene rings is 1. The highest BCUT2D eigenvalue weighted by atomic mass is 32.2. The van der Waals surface area contributed by atoms with E-state index in [4.69, 9.17) is 4.74 Å². The zero-order chi connectivity index (χ0) is 20.6. The van der Waals surface area contributed by atoms with Crippen LogP contribution in [0.4, 0.5) is 9.52 Å². The lowest BCUT2D eigenvalue weighted by molar-refractivity contribution is -0.123. The van der Waals surface area contributed by atoms with E-state index in [9.17, 15) is 17.6 Å². The summed E-state index contributed by atoms with van der Waals surface area (Å²) in [6.07, 6.45) is 4.72. The summed E-state index contributed by atoms with van der Waals surface area (Å²) < 4.78 is 46.3. The van der Waals surface area contributed by atoms with Gasteiger partial charge in [-0.1, -0.05) is 23.8 Å². The number of anilines is 1. The Morgan fingerprint density at radius 3 is 2.86 bits per heavy atom. The SMILES string of the molecule is CS(=O)(=O)N1CCCCC1C(=O)N(CC1CCCO1)c1nc2c(F)cccc2s1. The molecular weight excluding hydrogens is 417 g/mol. The van der Waals surface area contributed by atoms with E-state index in [1.807, 2.05) is 0 Å². The molecule has 0 bridgehead atoms. The zero-order valence-electron chi connectivity index (χ0n) is 16.2. The van der Waals surface area contributed by atoms with Crippen molar-refractivity contribution < 1.29 is 22.3 Å². The zero-order valence-corrected chi connectivity index (χ0v) is 17.8. The first-order valence-corrected chi connectivity index (χ1v) is 12.5. The van der Waals surface area contributed by atoms with Gasteiger partial charge in [0, 0.05) is 13.2 Å². The summed E-state index contributed by atoms with van der Waals surface area (Å²) in [6, 6.07) is 3.94. The van der Waals surface area contributed by atoms with E-state index in [0.717, 1.165) is 31.9 Å². The summed E-state index contributed by atoms with van der Waals surface area (Å²) in [4.78, 5) is 19.4. The van der Waals surface area contributed by atoms with Crippen molar-refractivity contribution in [3.05, 3.63) is 24.0 Å². The maximum atomic E-state index is 14.2. The van der Waals surface area contributed by atoms with Crippen LogP contribution in [0, 0.1) is 5.82 Å². The highest BCUT2D eigenvalue weighted by Crippen LogP contribution is 2.33. The lowest BCUT2D eigenvalue weighted by Crippen LogP contribution is -2.54. The molecule has 3 heterocycles. The molecule has 10 heteroatoms. The molecule has 0 saturated carbocycles. The number of sulfonamides is 1. The highest BCUT2D eigenvalue weighted by Gasteiger charge is 2.39. The monoisotopic (exact) mass is 441 g/mol. The van der Waals surface area contributed by atoms with Crippen LogP contribution in [0.25, 0.3) is 10.2 Å². The van der Waals surface area contributed by atoms with Crippen LogP contribution in [0.1, 0.15) is 32.1 Å². The van der Waals surface area contributed by atoms with E-state index >= 15 is 0 Å². The second-order valence-electron chi connectivity index (χ2n) is 7.55. The number of halogens is 1. The van der Waals surface area contributed by atoms with Crippen LogP contribution >= 0.6 is 11.3 Å². The standard InChI is InChI=1S/C19H24FN3O4S2/c1-29(25,26)23-10-3-2-8-15(23)18(24)22(12-13-6-5-11-27-13)19-21-17-14(20)7-4-9-16(17)28-19/h4,7,9,13,15H,2-3,5-6,8,10-12H2,1H3. The minimum atomic E-state index is -3.52. The summed E-state index contributed by atoms with van der Waals surface area (Å²) in [7, 11) is -3.52. The number of rotatable bonds is 5. The molecular formula is C19H24FN3O4S2. The predicted octanol–water partition coefficient (Wildman–Crippen LogP) is 2.76.